The summed E-state index contributed by atoms with van der Waals surface area (Å²) in [4.78, 5) is 20.0. The summed E-state index contributed by atoms with van der Waals surface area (Å²) in [5, 5.41) is 9.89. The second kappa shape index (κ2) is 4.92. The van der Waals surface area contributed by atoms with Crippen molar-refractivity contribution >= 4 is 34.0 Å². The second-order valence-corrected chi connectivity index (χ2v) is 6.54. The van der Waals surface area contributed by atoms with Crippen molar-refractivity contribution in [1.82, 2.24) is 9.88 Å². The molecule has 7 heteroatoms. The quantitative estimate of drug-likeness (QED) is 0.907. The molecule has 0 spiro atoms. The molecule has 1 aromatic heterocycles. The fourth-order valence-electron chi connectivity index (χ4n) is 3.04. The van der Waals surface area contributed by atoms with Crippen molar-refractivity contribution in [1.29, 1.82) is 0 Å². The topological polar surface area (TPSA) is 56.7 Å². The third-order valence-electron chi connectivity index (χ3n) is 4.19. The van der Waals surface area contributed by atoms with Crippen molar-refractivity contribution < 1.29 is 9.90 Å². The van der Waals surface area contributed by atoms with Gasteiger partial charge in [-0.1, -0.05) is 22.9 Å². The Bertz CT molecular complexity index is 507. The second-order valence-electron chi connectivity index (χ2n) is 5.21. The smallest absolute Gasteiger partial charge is 0.349 e. The molecular weight excluding hydrogens is 286 g/mol. The van der Waals surface area contributed by atoms with Gasteiger partial charge in [0.05, 0.1) is 0 Å². The van der Waals surface area contributed by atoms with Gasteiger partial charge in [-0.3, -0.25) is 4.90 Å². The van der Waals surface area contributed by atoms with Crippen molar-refractivity contribution in [3.8, 4) is 0 Å². The zero-order valence-corrected chi connectivity index (χ0v) is 12.2. The number of halogens is 1. The molecule has 1 aromatic rings. The molecular formula is C12H16ClN3O2S. The Balaban J connectivity index is 1.83. The van der Waals surface area contributed by atoms with Crippen molar-refractivity contribution in [2.24, 2.45) is 0 Å². The number of rotatable bonds is 2. The van der Waals surface area contributed by atoms with Gasteiger partial charge in [0.2, 0.25) is 0 Å². The molecule has 3 rings (SSSR count). The molecule has 2 aliphatic heterocycles. The Morgan fingerprint density at radius 1 is 1.42 bits per heavy atom. The first-order chi connectivity index (χ1) is 9.06. The van der Waals surface area contributed by atoms with E-state index in [4.69, 9.17) is 16.7 Å². The number of thiazole rings is 1. The van der Waals surface area contributed by atoms with Gasteiger partial charge in [-0.2, -0.15) is 0 Å². The van der Waals surface area contributed by atoms with Crippen LogP contribution in [0.15, 0.2) is 0 Å². The lowest BCUT2D eigenvalue weighted by molar-refractivity contribution is 0.0702. The third kappa shape index (κ3) is 2.32. The first kappa shape index (κ1) is 13.1. The molecule has 3 heterocycles. The number of likely N-dealkylation sites (N-methyl/N-ethyl adjacent to an activating group) is 1. The van der Waals surface area contributed by atoms with E-state index in [1.807, 2.05) is 0 Å². The summed E-state index contributed by atoms with van der Waals surface area (Å²) in [5.74, 6) is -0.998. The number of aromatic carboxylic acids is 1. The normalized spacial score (nSPS) is 27.6. The monoisotopic (exact) mass is 301 g/mol. The molecule has 2 atom stereocenters. The van der Waals surface area contributed by atoms with Crippen molar-refractivity contribution in [2.75, 3.05) is 25.0 Å². The number of anilines is 1. The summed E-state index contributed by atoms with van der Waals surface area (Å²) in [7, 11) is 2.18. The molecule has 2 bridgehead atoms. The molecule has 0 saturated carbocycles. The maximum atomic E-state index is 11.0. The standard InChI is InChI=1S/C12H16ClN3O2S/c1-15-7-2-3-8(15)6-16(5-4-7)12-14-10(13)9(19-12)11(17)18/h7-8H,2-6H2,1H3,(H,17,18). The van der Waals surface area contributed by atoms with Gasteiger partial charge in [-0.25, -0.2) is 9.78 Å². The lowest BCUT2D eigenvalue weighted by Gasteiger charge is -2.25. The molecule has 1 N–H and O–H groups in total. The van der Waals surface area contributed by atoms with E-state index >= 15 is 0 Å². The maximum Gasteiger partial charge on any atom is 0.349 e. The Hall–Kier alpha value is -0.850. The zero-order chi connectivity index (χ0) is 13.6. The minimum absolute atomic E-state index is 0.107. The van der Waals surface area contributed by atoms with Crippen LogP contribution in [0.1, 0.15) is 28.9 Å². The summed E-state index contributed by atoms with van der Waals surface area (Å²) in [5.41, 5.74) is 0. The highest BCUT2D eigenvalue weighted by atomic mass is 35.5. The average molecular weight is 302 g/mol. The van der Waals surface area contributed by atoms with Crippen LogP contribution in [0.5, 0.6) is 0 Å². The molecule has 0 radical (unpaired) electrons. The van der Waals surface area contributed by atoms with Crippen LogP contribution in [-0.2, 0) is 0 Å². The number of carboxylic acid groups (broad SMARTS) is 1. The lowest BCUT2D eigenvalue weighted by atomic mass is 10.1. The highest BCUT2D eigenvalue weighted by Gasteiger charge is 2.35. The van der Waals surface area contributed by atoms with Crippen LogP contribution in [-0.4, -0.2) is 53.2 Å². The average Bonchev–Trinajstić information content (AvgIpc) is 2.81. The SMILES string of the molecule is CN1C2CCC1CN(c1nc(Cl)c(C(=O)O)s1)CC2. The van der Waals surface area contributed by atoms with Crippen molar-refractivity contribution in [3.05, 3.63) is 10.0 Å². The van der Waals surface area contributed by atoms with Crippen LogP contribution in [0.3, 0.4) is 0 Å². The summed E-state index contributed by atoms with van der Waals surface area (Å²) >= 11 is 7.07. The van der Waals surface area contributed by atoms with Gasteiger partial charge in [-0.15, -0.1) is 0 Å². The first-order valence-electron chi connectivity index (χ1n) is 6.42. The molecule has 0 amide bonds. The van der Waals surface area contributed by atoms with Crippen molar-refractivity contribution in [3.63, 3.8) is 0 Å². The number of hydrogen-bond acceptors (Lipinski definition) is 5. The predicted octanol–water partition coefficient (Wildman–Crippen LogP) is 2.17. The van der Waals surface area contributed by atoms with Gasteiger partial charge in [0.1, 0.15) is 0 Å². The first-order valence-corrected chi connectivity index (χ1v) is 7.62. The van der Waals surface area contributed by atoms with E-state index in [1.54, 1.807) is 0 Å². The third-order valence-corrected chi connectivity index (χ3v) is 5.68. The molecule has 2 saturated heterocycles. The van der Waals surface area contributed by atoms with E-state index in [2.05, 4.69) is 21.8 Å². The molecule has 2 aliphatic rings. The lowest BCUT2D eigenvalue weighted by Crippen LogP contribution is -2.36. The highest BCUT2D eigenvalue weighted by Crippen LogP contribution is 2.34. The van der Waals surface area contributed by atoms with Gasteiger partial charge in [0, 0.05) is 25.2 Å². The number of hydrogen-bond donors (Lipinski definition) is 1. The number of aromatic nitrogens is 1. The Labute approximate surface area is 120 Å². The molecule has 0 aliphatic carbocycles. The minimum atomic E-state index is -0.998. The number of nitrogens with zero attached hydrogens (tertiary/aromatic N) is 3. The number of carbonyl (C=O) groups is 1. The van der Waals surface area contributed by atoms with Crippen molar-refractivity contribution in [2.45, 2.75) is 31.3 Å². The van der Waals surface area contributed by atoms with E-state index in [0.29, 0.717) is 12.1 Å². The molecule has 2 fully saturated rings. The van der Waals surface area contributed by atoms with Crippen LogP contribution in [0.25, 0.3) is 0 Å². The van der Waals surface area contributed by atoms with Gasteiger partial charge in [-0.05, 0) is 26.3 Å². The number of fused-ring (bicyclic) bond motifs is 2. The van der Waals surface area contributed by atoms with Crippen LogP contribution in [0.2, 0.25) is 5.15 Å². The van der Waals surface area contributed by atoms with Crippen LogP contribution in [0, 0.1) is 0 Å². The summed E-state index contributed by atoms with van der Waals surface area (Å²) in [6.07, 6.45) is 3.59. The minimum Gasteiger partial charge on any atom is -0.477 e. The van der Waals surface area contributed by atoms with Crippen LogP contribution < -0.4 is 4.90 Å². The fraction of sp³-hybridized carbons (Fsp3) is 0.667. The fourth-order valence-corrected chi connectivity index (χ4v) is 4.20. The van der Waals surface area contributed by atoms with E-state index < -0.39 is 5.97 Å². The molecule has 5 nitrogen and oxygen atoms in total. The molecule has 19 heavy (non-hydrogen) atoms. The van der Waals surface area contributed by atoms with Gasteiger partial charge < -0.3 is 10.0 Å². The summed E-state index contributed by atoms with van der Waals surface area (Å²) < 4.78 is 0. The molecule has 2 unspecified atom stereocenters. The van der Waals surface area contributed by atoms with Gasteiger partial charge in [0.25, 0.3) is 0 Å². The Kier molecular flexibility index (Phi) is 3.41. The zero-order valence-electron chi connectivity index (χ0n) is 10.7. The van der Waals surface area contributed by atoms with Gasteiger partial charge >= 0.3 is 5.97 Å². The summed E-state index contributed by atoms with van der Waals surface area (Å²) in [6.45, 7) is 1.84. The summed E-state index contributed by atoms with van der Waals surface area (Å²) in [6, 6.07) is 1.20. The highest BCUT2D eigenvalue weighted by molar-refractivity contribution is 7.18. The largest absolute Gasteiger partial charge is 0.477 e. The van der Waals surface area contributed by atoms with Crippen LogP contribution >= 0.6 is 22.9 Å². The molecule has 104 valence electrons. The Morgan fingerprint density at radius 3 is 2.84 bits per heavy atom. The Morgan fingerprint density at radius 2 is 2.16 bits per heavy atom. The van der Waals surface area contributed by atoms with E-state index in [1.165, 1.54) is 24.2 Å². The predicted molar refractivity (Wildman–Crippen MR) is 75.5 cm³/mol. The number of carboxylic acids is 1. The molecule has 0 aromatic carbocycles. The van der Waals surface area contributed by atoms with E-state index in [0.717, 1.165) is 24.6 Å². The van der Waals surface area contributed by atoms with E-state index in [-0.39, 0.29) is 10.0 Å². The van der Waals surface area contributed by atoms with Crippen LogP contribution in [0.4, 0.5) is 5.13 Å². The maximum absolute atomic E-state index is 11.0. The van der Waals surface area contributed by atoms with E-state index in [9.17, 15) is 4.79 Å². The van der Waals surface area contributed by atoms with Gasteiger partial charge in [0.15, 0.2) is 15.2 Å².